The number of anilines is 1. The summed E-state index contributed by atoms with van der Waals surface area (Å²) in [4.78, 5) is 12.2. The molecular formula is C23H32N2O5S. The summed E-state index contributed by atoms with van der Waals surface area (Å²) >= 11 is 0. The number of carbonyl (C=O) groups is 1. The molecule has 2 aromatic rings. The van der Waals surface area contributed by atoms with Crippen LogP contribution in [0.2, 0.25) is 0 Å². The van der Waals surface area contributed by atoms with Gasteiger partial charge in [-0.2, -0.15) is 0 Å². The predicted octanol–water partition coefficient (Wildman–Crippen LogP) is 3.44. The number of hydrogen-bond donors (Lipinski definition) is 1. The van der Waals surface area contributed by atoms with Crippen molar-refractivity contribution in [3.05, 3.63) is 53.6 Å². The first kappa shape index (κ1) is 24.5. The summed E-state index contributed by atoms with van der Waals surface area (Å²) in [7, 11) is -3.51. The highest BCUT2D eigenvalue weighted by molar-refractivity contribution is 7.92. The average Bonchev–Trinajstić information content (AvgIpc) is 2.71. The lowest BCUT2D eigenvalue weighted by Crippen LogP contribution is -2.33. The van der Waals surface area contributed by atoms with Gasteiger partial charge in [0.05, 0.1) is 25.1 Å². The summed E-state index contributed by atoms with van der Waals surface area (Å²) < 4.78 is 37.2. The van der Waals surface area contributed by atoms with Gasteiger partial charge >= 0.3 is 0 Å². The van der Waals surface area contributed by atoms with Gasteiger partial charge in [0.15, 0.2) is 0 Å². The number of carbonyl (C=O) groups excluding carboxylic acids is 1. The molecular weight excluding hydrogens is 416 g/mol. The topological polar surface area (TPSA) is 84.9 Å². The van der Waals surface area contributed by atoms with E-state index < -0.39 is 10.0 Å². The van der Waals surface area contributed by atoms with Crippen LogP contribution in [0.3, 0.4) is 0 Å². The molecule has 0 aromatic heterocycles. The van der Waals surface area contributed by atoms with Crippen LogP contribution in [0.5, 0.6) is 11.5 Å². The van der Waals surface area contributed by atoms with E-state index in [1.165, 1.54) is 4.31 Å². The molecule has 0 atom stereocenters. The standard InChI is InChI=1S/C23H32N2O5S/c1-5-29-22-12-7-6-11-20(22)25(31(4,27)28)16-9-14-23(26)24-15-17-30-21-13-8-10-18(2)19(21)3/h6-8,10-13H,5,9,14-17H2,1-4H3,(H,24,26). The Kier molecular flexibility index (Phi) is 9.18. The SMILES string of the molecule is CCOc1ccccc1N(CCCC(=O)NCCOc1cccc(C)c1C)S(C)(=O)=O. The first-order chi connectivity index (χ1) is 14.7. The Labute approximate surface area is 185 Å². The second-order valence-corrected chi connectivity index (χ2v) is 9.14. The van der Waals surface area contributed by atoms with Gasteiger partial charge in [-0.3, -0.25) is 9.10 Å². The second kappa shape index (κ2) is 11.6. The van der Waals surface area contributed by atoms with Gasteiger partial charge in [-0.15, -0.1) is 0 Å². The number of nitrogens with one attached hydrogen (secondary N) is 1. The third kappa shape index (κ3) is 7.47. The number of sulfonamides is 1. The monoisotopic (exact) mass is 448 g/mol. The molecule has 7 nitrogen and oxygen atoms in total. The van der Waals surface area contributed by atoms with Crippen molar-refractivity contribution in [2.45, 2.75) is 33.6 Å². The van der Waals surface area contributed by atoms with Crippen LogP contribution in [0.1, 0.15) is 30.9 Å². The molecule has 0 aliphatic carbocycles. The number of benzene rings is 2. The predicted molar refractivity (Wildman–Crippen MR) is 123 cm³/mol. The molecule has 2 rings (SSSR count). The fourth-order valence-corrected chi connectivity index (χ4v) is 4.08. The summed E-state index contributed by atoms with van der Waals surface area (Å²) in [5.74, 6) is 1.17. The van der Waals surface area contributed by atoms with Crippen LogP contribution < -0.4 is 19.1 Å². The summed E-state index contributed by atoms with van der Waals surface area (Å²) in [6, 6.07) is 12.9. The van der Waals surface area contributed by atoms with Crippen LogP contribution in [-0.4, -0.2) is 46.9 Å². The van der Waals surface area contributed by atoms with E-state index >= 15 is 0 Å². The van der Waals surface area contributed by atoms with E-state index in [4.69, 9.17) is 9.47 Å². The number of rotatable bonds is 12. The van der Waals surface area contributed by atoms with Crippen LogP contribution >= 0.6 is 0 Å². The van der Waals surface area contributed by atoms with Crippen molar-refractivity contribution in [3.63, 3.8) is 0 Å². The molecule has 0 saturated heterocycles. The molecule has 1 N–H and O–H groups in total. The van der Waals surface area contributed by atoms with Crippen LogP contribution in [0, 0.1) is 13.8 Å². The second-order valence-electron chi connectivity index (χ2n) is 7.24. The third-order valence-corrected chi connectivity index (χ3v) is 6.02. The van der Waals surface area contributed by atoms with Crippen molar-refractivity contribution in [1.29, 1.82) is 0 Å². The Hall–Kier alpha value is -2.74. The lowest BCUT2D eigenvalue weighted by atomic mass is 10.1. The summed E-state index contributed by atoms with van der Waals surface area (Å²) in [5, 5.41) is 2.81. The molecule has 0 fully saturated rings. The summed E-state index contributed by atoms with van der Waals surface area (Å²) in [6.45, 7) is 7.24. The van der Waals surface area contributed by atoms with Crippen molar-refractivity contribution in [1.82, 2.24) is 5.32 Å². The number of ether oxygens (including phenoxy) is 2. The molecule has 0 aliphatic heterocycles. The number of nitrogens with zero attached hydrogens (tertiary/aromatic N) is 1. The highest BCUT2D eigenvalue weighted by Crippen LogP contribution is 2.30. The molecule has 0 heterocycles. The zero-order valence-corrected chi connectivity index (χ0v) is 19.5. The average molecular weight is 449 g/mol. The Morgan fingerprint density at radius 3 is 2.45 bits per heavy atom. The highest BCUT2D eigenvalue weighted by Gasteiger charge is 2.21. The molecule has 0 saturated carbocycles. The van der Waals surface area contributed by atoms with Gasteiger partial charge in [-0.1, -0.05) is 24.3 Å². The maximum atomic E-state index is 12.3. The Morgan fingerprint density at radius 2 is 1.74 bits per heavy atom. The van der Waals surface area contributed by atoms with Gasteiger partial charge in [-0.05, 0) is 56.5 Å². The Morgan fingerprint density at radius 1 is 1.03 bits per heavy atom. The number of aryl methyl sites for hydroxylation is 1. The minimum atomic E-state index is -3.51. The van der Waals surface area contributed by atoms with Gasteiger partial charge in [0.1, 0.15) is 18.1 Å². The first-order valence-corrected chi connectivity index (χ1v) is 12.2. The van der Waals surface area contributed by atoms with Crippen molar-refractivity contribution < 1.29 is 22.7 Å². The summed E-state index contributed by atoms with van der Waals surface area (Å²) in [5.41, 5.74) is 2.72. The highest BCUT2D eigenvalue weighted by atomic mass is 32.2. The third-order valence-electron chi connectivity index (χ3n) is 4.84. The zero-order valence-electron chi connectivity index (χ0n) is 18.7. The van der Waals surface area contributed by atoms with Crippen molar-refractivity contribution in [3.8, 4) is 11.5 Å². The largest absolute Gasteiger partial charge is 0.492 e. The number of hydrogen-bond acceptors (Lipinski definition) is 5. The maximum Gasteiger partial charge on any atom is 0.232 e. The molecule has 2 aromatic carbocycles. The van der Waals surface area contributed by atoms with Gasteiger partial charge in [0.25, 0.3) is 0 Å². The van der Waals surface area contributed by atoms with E-state index in [-0.39, 0.29) is 18.9 Å². The van der Waals surface area contributed by atoms with Gasteiger partial charge < -0.3 is 14.8 Å². The van der Waals surface area contributed by atoms with Crippen LogP contribution in [0.15, 0.2) is 42.5 Å². The van der Waals surface area contributed by atoms with E-state index in [1.807, 2.05) is 39.0 Å². The minimum absolute atomic E-state index is 0.142. The quantitative estimate of drug-likeness (QED) is 0.503. The minimum Gasteiger partial charge on any atom is -0.492 e. The molecule has 8 heteroatoms. The zero-order chi connectivity index (χ0) is 22.9. The fourth-order valence-electron chi connectivity index (χ4n) is 3.11. The van der Waals surface area contributed by atoms with Gasteiger partial charge in [0, 0.05) is 13.0 Å². The molecule has 170 valence electrons. The molecule has 31 heavy (non-hydrogen) atoms. The maximum absolute atomic E-state index is 12.3. The van der Waals surface area contributed by atoms with E-state index in [9.17, 15) is 13.2 Å². The molecule has 0 bridgehead atoms. The van der Waals surface area contributed by atoms with Crippen molar-refractivity contribution in [2.24, 2.45) is 0 Å². The van der Waals surface area contributed by atoms with Crippen molar-refractivity contribution >= 4 is 21.6 Å². The van der Waals surface area contributed by atoms with E-state index in [0.29, 0.717) is 37.6 Å². The fraction of sp³-hybridized carbons (Fsp3) is 0.435. The molecule has 1 amide bonds. The van der Waals surface area contributed by atoms with E-state index in [0.717, 1.165) is 23.1 Å². The van der Waals surface area contributed by atoms with Gasteiger partial charge in [-0.25, -0.2) is 8.42 Å². The molecule has 0 unspecified atom stereocenters. The van der Waals surface area contributed by atoms with E-state index in [2.05, 4.69) is 5.32 Å². The number of amides is 1. The Balaban J connectivity index is 1.83. The van der Waals surface area contributed by atoms with Crippen LogP contribution in [0.25, 0.3) is 0 Å². The Bertz CT molecular complexity index is 976. The molecule has 0 radical (unpaired) electrons. The smallest absolute Gasteiger partial charge is 0.232 e. The lowest BCUT2D eigenvalue weighted by Gasteiger charge is -2.24. The van der Waals surface area contributed by atoms with Gasteiger partial charge in [0.2, 0.25) is 15.9 Å². The van der Waals surface area contributed by atoms with Crippen LogP contribution in [-0.2, 0) is 14.8 Å². The summed E-state index contributed by atoms with van der Waals surface area (Å²) in [6.07, 6.45) is 1.75. The molecule has 0 spiro atoms. The lowest BCUT2D eigenvalue weighted by molar-refractivity contribution is -0.121. The van der Waals surface area contributed by atoms with Crippen molar-refractivity contribution in [2.75, 3.05) is 36.9 Å². The number of para-hydroxylation sites is 2. The molecule has 0 aliphatic rings. The van der Waals surface area contributed by atoms with E-state index in [1.54, 1.807) is 24.3 Å². The first-order valence-electron chi connectivity index (χ1n) is 10.4. The van der Waals surface area contributed by atoms with Crippen LogP contribution in [0.4, 0.5) is 5.69 Å². The normalized spacial score (nSPS) is 11.1.